The van der Waals surface area contributed by atoms with Crippen LogP contribution in [0.2, 0.25) is 5.02 Å². The Bertz CT molecular complexity index is 1140. The second-order valence-electron chi connectivity index (χ2n) is 6.34. The second-order valence-corrected chi connectivity index (χ2v) is 6.78. The molecule has 9 nitrogen and oxygen atoms in total. The van der Waals surface area contributed by atoms with Crippen molar-refractivity contribution in [3.05, 3.63) is 35.5 Å². The first-order valence-corrected chi connectivity index (χ1v) is 9.58. The summed E-state index contributed by atoms with van der Waals surface area (Å²) >= 11 is 6.04. The Morgan fingerprint density at radius 2 is 1.97 bits per heavy atom. The number of halogens is 1. The van der Waals surface area contributed by atoms with Gasteiger partial charge in [0, 0.05) is 17.1 Å². The minimum Gasteiger partial charge on any atom is -0.490 e. The molecule has 29 heavy (non-hydrogen) atoms. The SMILES string of the molecule is CCn1c(-c2nonc2N)nc2c(-c3ccc(Cl)cc3)ncc(OCCCN)c21. The van der Waals surface area contributed by atoms with Crippen molar-refractivity contribution < 1.29 is 9.37 Å². The number of fused-ring (bicyclic) bond motifs is 1. The quantitative estimate of drug-likeness (QED) is 0.442. The predicted octanol–water partition coefficient (Wildman–Crippen LogP) is 3.13. The number of aryl methyl sites for hydroxylation is 1. The summed E-state index contributed by atoms with van der Waals surface area (Å²) in [7, 11) is 0. The Kier molecular flexibility index (Phi) is 5.32. The van der Waals surface area contributed by atoms with Gasteiger partial charge in [0.05, 0.1) is 18.5 Å². The number of hydrogen-bond donors (Lipinski definition) is 2. The summed E-state index contributed by atoms with van der Waals surface area (Å²) in [5.74, 6) is 1.32. The van der Waals surface area contributed by atoms with Gasteiger partial charge in [-0.3, -0.25) is 0 Å². The van der Waals surface area contributed by atoms with Crippen LogP contribution in [0.5, 0.6) is 5.75 Å². The van der Waals surface area contributed by atoms with Crippen LogP contribution >= 0.6 is 11.6 Å². The zero-order chi connectivity index (χ0) is 20.4. The Morgan fingerprint density at radius 3 is 2.62 bits per heavy atom. The summed E-state index contributed by atoms with van der Waals surface area (Å²) in [5, 5.41) is 8.24. The van der Waals surface area contributed by atoms with Crippen LogP contribution < -0.4 is 16.2 Å². The van der Waals surface area contributed by atoms with Crippen molar-refractivity contribution in [3.63, 3.8) is 0 Å². The number of ether oxygens (including phenoxy) is 1. The fraction of sp³-hybridized carbons (Fsp3) is 0.263. The van der Waals surface area contributed by atoms with E-state index in [2.05, 4.69) is 15.3 Å². The molecule has 0 saturated carbocycles. The van der Waals surface area contributed by atoms with Gasteiger partial charge < -0.3 is 20.8 Å². The number of nitrogens with two attached hydrogens (primary N) is 2. The normalized spacial score (nSPS) is 11.3. The van der Waals surface area contributed by atoms with Gasteiger partial charge in [-0.05, 0) is 42.3 Å². The van der Waals surface area contributed by atoms with E-state index in [0.717, 1.165) is 17.5 Å². The van der Waals surface area contributed by atoms with Gasteiger partial charge in [-0.15, -0.1) is 0 Å². The molecular formula is C19H20ClN7O2. The van der Waals surface area contributed by atoms with Crippen LogP contribution in [0, 0.1) is 0 Å². The summed E-state index contributed by atoms with van der Waals surface area (Å²) in [6.07, 6.45) is 2.43. The lowest BCUT2D eigenvalue weighted by molar-refractivity contribution is 0.310. The van der Waals surface area contributed by atoms with Crippen LogP contribution in [-0.2, 0) is 6.54 Å². The topological polar surface area (TPSA) is 131 Å². The van der Waals surface area contributed by atoms with Crippen molar-refractivity contribution in [2.45, 2.75) is 19.9 Å². The van der Waals surface area contributed by atoms with Gasteiger partial charge in [0.15, 0.2) is 23.1 Å². The van der Waals surface area contributed by atoms with E-state index in [1.54, 1.807) is 6.20 Å². The molecule has 0 saturated heterocycles. The van der Waals surface area contributed by atoms with Crippen molar-refractivity contribution in [2.24, 2.45) is 5.73 Å². The van der Waals surface area contributed by atoms with E-state index >= 15 is 0 Å². The van der Waals surface area contributed by atoms with E-state index in [1.807, 2.05) is 35.8 Å². The highest BCUT2D eigenvalue weighted by Crippen LogP contribution is 2.36. The van der Waals surface area contributed by atoms with Crippen LogP contribution in [0.15, 0.2) is 35.1 Å². The van der Waals surface area contributed by atoms with Crippen molar-refractivity contribution in [2.75, 3.05) is 18.9 Å². The number of nitrogen functional groups attached to an aromatic ring is 1. The first kappa shape index (κ1) is 19.2. The molecule has 3 heterocycles. The maximum Gasteiger partial charge on any atom is 0.199 e. The molecule has 3 aromatic heterocycles. The third-order valence-electron chi connectivity index (χ3n) is 4.50. The van der Waals surface area contributed by atoms with Crippen LogP contribution in [-0.4, -0.2) is 38.0 Å². The summed E-state index contributed by atoms with van der Waals surface area (Å²) in [4.78, 5) is 9.41. The standard InChI is InChI=1S/C19H20ClN7O2/c1-2-27-17-13(28-9-3-8-21)10-23-14(11-4-6-12(20)7-5-11)15(17)24-19(27)16-18(22)26-29-25-16/h4-7,10H,2-3,8-9,21H2,1H3,(H2,22,26). The highest BCUT2D eigenvalue weighted by molar-refractivity contribution is 6.30. The minimum absolute atomic E-state index is 0.168. The van der Waals surface area contributed by atoms with E-state index in [0.29, 0.717) is 53.2 Å². The predicted molar refractivity (Wildman–Crippen MR) is 111 cm³/mol. The van der Waals surface area contributed by atoms with Crippen molar-refractivity contribution >= 4 is 28.5 Å². The molecular weight excluding hydrogens is 394 g/mol. The molecule has 0 unspecified atom stereocenters. The molecule has 0 spiro atoms. The summed E-state index contributed by atoms with van der Waals surface area (Å²) in [6, 6.07) is 7.42. The third kappa shape index (κ3) is 3.50. The van der Waals surface area contributed by atoms with Crippen LogP contribution in [0.25, 0.3) is 33.8 Å². The Hall–Kier alpha value is -3.17. The van der Waals surface area contributed by atoms with Crippen LogP contribution in [0.4, 0.5) is 5.82 Å². The van der Waals surface area contributed by atoms with E-state index in [9.17, 15) is 0 Å². The monoisotopic (exact) mass is 413 g/mol. The molecule has 4 rings (SSSR count). The van der Waals surface area contributed by atoms with Gasteiger partial charge >= 0.3 is 0 Å². The van der Waals surface area contributed by atoms with Crippen molar-refractivity contribution in [3.8, 4) is 28.5 Å². The second kappa shape index (κ2) is 8.06. The number of nitrogens with zero attached hydrogens (tertiary/aromatic N) is 5. The average molecular weight is 414 g/mol. The first-order chi connectivity index (χ1) is 14.1. The zero-order valence-corrected chi connectivity index (χ0v) is 16.6. The molecule has 0 amide bonds. The number of rotatable bonds is 7. The Morgan fingerprint density at radius 1 is 1.17 bits per heavy atom. The maximum absolute atomic E-state index is 6.04. The number of pyridine rings is 1. The highest BCUT2D eigenvalue weighted by Gasteiger charge is 2.23. The van der Waals surface area contributed by atoms with E-state index in [-0.39, 0.29) is 5.82 Å². The molecule has 0 aliphatic carbocycles. The first-order valence-electron chi connectivity index (χ1n) is 9.20. The fourth-order valence-corrected chi connectivity index (χ4v) is 3.27. The fourth-order valence-electron chi connectivity index (χ4n) is 3.14. The summed E-state index contributed by atoms with van der Waals surface area (Å²) in [5.41, 5.74) is 14.9. The molecule has 0 aliphatic rings. The van der Waals surface area contributed by atoms with Gasteiger partial charge in [0.25, 0.3) is 0 Å². The number of imidazole rings is 1. The minimum atomic E-state index is 0.168. The molecule has 0 radical (unpaired) electrons. The van der Waals surface area contributed by atoms with Gasteiger partial charge in [-0.25, -0.2) is 14.6 Å². The average Bonchev–Trinajstić information content (AvgIpc) is 3.32. The molecule has 0 bridgehead atoms. The van der Waals surface area contributed by atoms with Crippen LogP contribution in [0.3, 0.4) is 0 Å². The molecule has 10 heteroatoms. The summed E-state index contributed by atoms with van der Waals surface area (Å²) < 4.78 is 12.7. The summed E-state index contributed by atoms with van der Waals surface area (Å²) in [6.45, 7) is 3.63. The zero-order valence-electron chi connectivity index (χ0n) is 15.8. The number of hydrogen-bond acceptors (Lipinski definition) is 8. The largest absolute Gasteiger partial charge is 0.490 e. The molecule has 0 fully saturated rings. The van der Waals surface area contributed by atoms with Crippen molar-refractivity contribution in [1.29, 1.82) is 0 Å². The smallest absolute Gasteiger partial charge is 0.199 e. The van der Waals surface area contributed by atoms with Gasteiger partial charge in [0.1, 0.15) is 11.0 Å². The Balaban J connectivity index is 1.96. The van der Waals surface area contributed by atoms with Gasteiger partial charge in [-0.2, -0.15) is 0 Å². The number of benzene rings is 1. The Labute approximate surface area is 171 Å². The molecule has 4 aromatic rings. The number of aromatic nitrogens is 5. The van der Waals surface area contributed by atoms with Crippen molar-refractivity contribution in [1.82, 2.24) is 24.8 Å². The van der Waals surface area contributed by atoms with E-state index in [1.165, 1.54) is 0 Å². The van der Waals surface area contributed by atoms with Gasteiger partial charge in [-0.1, -0.05) is 23.7 Å². The van der Waals surface area contributed by atoms with Crippen LogP contribution in [0.1, 0.15) is 13.3 Å². The molecule has 0 aliphatic heterocycles. The molecule has 1 aromatic carbocycles. The molecule has 4 N–H and O–H groups in total. The molecule has 150 valence electrons. The van der Waals surface area contributed by atoms with Gasteiger partial charge in [0.2, 0.25) is 0 Å². The van der Waals surface area contributed by atoms with E-state index < -0.39 is 0 Å². The lowest BCUT2D eigenvalue weighted by atomic mass is 10.1. The third-order valence-corrected chi connectivity index (χ3v) is 4.75. The molecule has 0 atom stereocenters. The van der Waals surface area contributed by atoms with E-state index in [4.69, 9.17) is 37.4 Å². The number of anilines is 1. The maximum atomic E-state index is 6.04. The lowest BCUT2D eigenvalue weighted by Gasteiger charge is -2.11. The highest BCUT2D eigenvalue weighted by atomic mass is 35.5. The lowest BCUT2D eigenvalue weighted by Crippen LogP contribution is -2.08.